The van der Waals surface area contributed by atoms with Crippen LogP contribution in [0.25, 0.3) is 11.7 Å². The number of furan rings is 1. The quantitative estimate of drug-likeness (QED) is 0.405. The summed E-state index contributed by atoms with van der Waals surface area (Å²) in [5.74, 6) is 2.94. The molecule has 1 saturated heterocycles. The summed E-state index contributed by atoms with van der Waals surface area (Å²) >= 11 is 0. The molecule has 178 valence electrons. The Bertz CT molecular complexity index is 1340. The Morgan fingerprint density at radius 3 is 2.66 bits per heavy atom. The van der Waals surface area contributed by atoms with Gasteiger partial charge in [-0.15, -0.1) is 0 Å². The Labute approximate surface area is 201 Å². The topological polar surface area (TPSA) is 155 Å². The molecule has 0 amide bonds. The number of anilines is 4. The molecule has 35 heavy (non-hydrogen) atoms. The number of nitriles is 1. The van der Waals surface area contributed by atoms with E-state index in [1.54, 1.807) is 19.2 Å². The van der Waals surface area contributed by atoms with Crippen molar-refractivity contribution in [3.05, 3.63) is 54.2 Å². The van der Waals surface area contributed by atoms with Crippen LogP contribution in [0.1, 0.15) is 11.5 Å². The van der Waals surface area contributed by atoms with Crippen molar-refractivity contribution in [2.24, 2.45) is 0 Å². The predicted molar refractivity (Wildman–Crippen MR) is 127 cm³/mol. The number of hydrogen-bond acceptors (Lipinski definition) is 12. The summed E-state index contributed by atoms with van der Waals surface area (Å²) in [5.41, 5.74) is 6.91. The number of rotatable bonds is 7. The van der Waals surface area contributed by atoms with Crippen molar-refractivity contribution < 1.29 is 13.6 Å². The van der Waals surface area contributed by atoms with E-state index >= 15 is 0 Å². The largest absolute Gasteiger partial charge is 0.495 e. The van der Waals surface area contributed by atoms with Crippen molar-refractivity contribution in [2.45, 2.75) is 6.54 Å². The molecule has 1 aliphatic rings. The Kier molecular flexibility index (Phi) is 6.15. The lowest BCUT2D eigenvalue weighted by atomic mass is 10.3. The van der Waals surface area contributed by atoms with Crippen LogP contribution in [0, 0.1) is 11.3 Å². The maximum atomic E-state index is 9.51. The normalized spacial score (nSPS) is 14.0. The highest BCUT2D eigenvalue weighted by Crippen LogP contribution is 2.29. The zero-order valence-electron chi connectivity index (χ0n) is 19.0. The lowest BCUT2D eigenvalue weighted by molar-refractivity contribution is 0.240. The van der Waals surface area contributed by atoms with Crippen LogP contribution in [0.2, 0.25) is 0 Å². The van der Waals surface area contributed by atoms with Crippen molar-refractivity contribution in [1.82, 2.24) is 24.8 Å². The molecule has 0 atom stereocenters. The van der Waals surface area contributed by atoms with Gasteiger partial charge in [0.05, 0.1) is 25.6 Å². The summed E-state index contributed by atoms with van der Waals surface area (Å²) in [5, 5.41) is 12.7. The molecule has 0 bridgehead atoms. The van der Waals surface area contributed by atoms with E-state index in [-0.39, 0.29) is 11.6 Å². The minimum Gasteiger partial charge on any atom is -0.495 e. The number of para-hydroxylation sites is 2. The molecule has 0 radical (unpaired) electrons. The maximum absolute atomic E-state index is 9.51. The third-order valence-corrected chi connectivity index (χ3v) is 5.52. The lowest BCUT2D eigenvalue weighted by Crippen LogP contribution is -2.46. The Balaban J connectivity index is 1.25. The molecule has 0 unspecified atom stereocenters. The molecule has 12 nitrogen and oxygen atoms in total. The third kappa shape index (κ3) is 4.85. The first-order chi connectivity index (χ1) is 17.1. The van der Waals surface area contributed by atoms with Gasteiger partial charge in [-0.2, -0.15) is 25.2 Å². The van der Waals surface area contributed by atoms with Crippen molar-refractivity contribution in [3.8, 4) is 23.5 Å². The standard InChI is InChI=1S/C23H23N9O3/c1-33-17-6-3-2-5-15(17)27-23-29-19(28-22(25)30-23)14-31-8-10-32(11-9-31)21-16(13-24)26-20(35-21)18-7-4-12-34-18/h2-7,12H,8-11,14H2,1H3,(H3,25,27,28,29,30). The number of hydrogen-bond donors (Lipinski definition) is 2. The SMILES string of the molecule is COc1ccccc1Nc1nc(N)nc(CN2CCN(c3oc(-c4ccco4)nc3C#N)CC2)n1. The van der Waals surface area contributed by atoms with Gasteiger partial charge in [0.1, 0.15) is 17.6 Å². The van der Waals surface area contributed by atoms with Gasteiger partial charge in [0.25, 0.3) is 5.89 Å². The van der Waals surface area contributed by atoms with Crippen molar-refractivity contribution >= 4 is 23.5 Å². The smallest absolute Gasteiger partial charge is 0.266 e. The first kappa shape index (κ1) is 22.2. The van der Waals surface area contributed by atoms with Crippen LogP contribution < -0.4 is 20.7 Å². The number of nitrogens with two attached hydrogens (primary N) is 1. The number of benzene rings is 1. The van der Waals surface area contributed by atoms with Crippen molar-refractivity contribution in [3.63, 3.8) is 0 Å². The van der Waals surface area contributed by atoms with Gasteiger partial charge in [-0.25, -0.2) is 0 Å². The van der Waals surface area contributed by atoms with Gasteiger partial charge in [-0.3, -0.25) is 4.90 Å². The van der Waals surface area contributed by atoms with E-state index in [2.05, 4.69) is 36.2 Å². The summed E-state index contributed by atoms with van der Waals surface area (Å²) in [6, 6.07) is 13.1. The molecular weight excluding hydrogens is 450 g/mol. The minimum absolute atomic E-state index is 0.136. The summed E-state index contributed by atoms with van der Waals surface area (Å²) in [6.45, 7) is 3.22. The fourth-order valence-corrected chi connectivity index (χ4v) is 3.85. The third-order valence-electron chi connectivity index (χ3n) is 5.52. The van der Waals surface area contributed by atoms with Crippen LogP contribution in [-0.4, -0.2) is 58.1 Å². The number of piperazine rings is 1. The molecule has 4 aromatic rings. The zero-order valence-corrected chi connectivity index (χ0v) is 19.0. The average Bonchev–Trinajstić information content (AvgIpc) is 3.55. The summed E-state index contributed by atoms with van der Waals surface area (Å²) in [6.07, 6.45) is 1.54. The zero-order chi connectivity index (χ0) is 24.2. The molecule has 0 saturated carbocycles. The lowest BCUT2D eigenvalue weighted by Gasteiger charge is -2.34. The highest BCUT2D eigenvalue weighted by Gasteiger charge is 2.26. The highest BCUT2D eigenvalue weighted by atomic mass is 16.5. The fourth-order valence-electron chi connectivity index (χ4n) is 3.85. The summed E-state index contributed by atoms with van der Waals surface area (Å²) in [4.78, 5) is 21.5. The molecule has 4 heterocycles. The Morgan fingerprint density at radius 1 is 1.09 bits per heavy atom. The summed E-state index contributed by atoms with van der Waals surface area (Å²) < 4.78 is 16.6. The average molecular weight is 473 g/mol. The maximum Gasteiger partial charge on any atom is 0.266 e. The van der Waals surface area contributed by atoms with Gasteiger partial charge in [-0.05, 0) is 24.3 Å². The predicted octanol–water partition coefficient (Wildman–Crippen LogP) is 2.65. The molecule has 1 aliphatic heterocycles. The van der Waals surface area contributed by atoms with E-state index in [1.807, 2.05) is 29.2 Å². The first-order valence-electron chi connectivity index (χ1n) is 11.0. The number of nitrogens with one attached hydrogen (secondary N) is 1. The number of nitrogen functional groups attached to an aromatic ring is 1. The Morgan fingerprint density at radius 2 is 1.91 bits per heavy atom. The van der Waals surface area contributed by atoms with Gasteiger partial charge in [0.15, 0.2) is 5.76 Å². The van der Waals surface area contributed by atoms with Gasteiger partial charge < -0.3 is 29.5 Å². The second-order valence-corrected chi connectivity index (χ2v) is 7.78. The van der Waals surface area contributed by atoms with Crippen LogP contribution in [0.5, 0.6) is 5.75 Å². The van der Waals surface area contributed by atoms with Crippen LogP contribution >= 0.6 is 0 Å². The molecule has 0 aliphatic carbocycles. The van der Waals surface area contributed by atoms with E-state index in [4.69, 9.17) is 19.3 Å². The minimum atomic E-state index is 0.136. The summed E-state index contributed by atoms with van der Waals surface area (Å²) in [7, 11) is 1.60. The van der Waals surface area contributed by atoms with Crippen molar-refractivity contribution in [1.29, 1.82) is 5.26 Å². The molecule has 3 N–H and O–H groups in total. The van der Waals surface area contributed by atoms with E-state index in [0.29, 0.717) is 67.8 Å². The number of methoxy groups -OCH3 is 1. The second-order valence-electron chi connectivity index (χ2n) is 7.78. The second kappa shape index (κ2) is 9.70. The van der Waals surface area contributed by atoms with Gasteiger partial charge in [0, 0.05) is 26.2 Å². The van der Waals surface area contributed by atoms with Crippen LogP contribution in [0.3, 0.4) is 0 Å². The van der Waals surface area contributed by atoms with Crippen molar-refractivity contribution in [2.75, 3.05) is 49.2 Å². The Hall–Kier alpha value is -4.63. The fraction of sp³-hybridized carbons (Fsp3) is 0.261. The van der Waals surface area contributed by atoms with E-state index in [9.17, 15) is 5.26 Å². The molecule has 0 spiro atoms. The van der Waals surface area contributed by atoms with E-state index < -0.39 is 0 Å². The number of oxazole rings is 1. The molecular formula is C23H23N9O3. The van der Waals surface area contributed by atoms with Gasteiger partial charge >= 0.3 is 0 Å². The van der Waals surface area contributed by atoms with Gasteiger partial charge in [-0.1, -0.05) is 12.1 Å². The first-order valence-corrected chi connectivity index (χ1v) is 11.0. The monoisotopic (exact) mass is 473 g/mol. The van der Waals surface area contributed by atoms with Crippen LogP contribution in [-0.2, 0) is 6.54 Å². The van der Waals surface area contributed by atoms with E-state index in [1.165, 1.54) is 6.26 Å². The number of nitrogens with zero attached hydrogens (tertiary/aromatic N) is 7. The van der Waals surface area contributed by atoms with Crippen LogP contribution in [0.15, 0.2) is 51.5 Å². The molecule has 1 fully saturated rings. The van der Waals surface area contributed by atoms with Crippen LogP contribution in [0.4, 0.5) is 23.5 Å². The van der Waals surface area contributed by atoms with Gasteiger partial charge in [0.2, 0.25) is 23.5 Å². The molecule has 5 rings (SSSR count). The molecule has 1 aromatic carbocycles. The number of aromatic nitrogens is 4. The molecule has 3 aromatic heterocycles. The molecule has 12 heteroatoms. The number of ether oxygens (including phenoxy) is 1. The van der Waals surface area contributed by atoms with E-state index in [0.717, 1.165) is 5.69 Å². The highest BCUT2D eigenvalue weighted by molar-refractivity contribution is 5.62.